The lowest BCUT2D eigenvalue weighted by molar-refractivity contribution is -0.144. The summed E-state index contributed by atoms with van der Waals surface area (Å²) in [4.78, 5) is 25.6. The maximum absolute atomic E-state index is 12.6. The molecule has 2 rings (SSSR count). The number of halogens is 3. The third-order valence-corrected chi connectivity index (χ3v) is 3.39. The average Bonchev–Trinajstić information content (AvgIpc) is 2.31. The highest BCUT2D eigenvalue weighted by Gasteiger charge is 2.36. The number of ketones is 1. The standard InChI is InChI=1S/C13H13F3N2O3/c1-6(19)9-2-3-10(13(14,15)16)18-11(9)17-8-4-7(5-8)12(20)21/h2-3,7-8H,4-5H2,1H3,(H,17,18)(H,20,21). The predicted molar refractivity (Wildman–Crippen MR) is 67.0 cm³/mol. The summed E-state index contributed by atoms with van der Waals surface area (Å²) in [5.41, 5.74) is -1.04. The highest BCUT2D eigenvalue weighted by Crippen LogP contribution is 2.33. The number of rotatable bonds is 4. The second kappa shape index (κ2) is 5.34. The fourth-order valence-corrected chi connectivity index (χ4v) is 2.14. The van der Waals surface area contributed by atoms with E-state index in [0.29, 0.717) is 12.8 Å². The molecule has 0 bridgehead atoms. The largest absolute Gasteiger partial charge is 0.481 e. The molecule has 0 radical (unpaired) electrons. The number of pyridine rings is 1. The van der Waals surface area contributed by atoms with Crippen molar-refractivity contribution in [2.75, 3.05) is 5.32 Å². The van der Waals surface area contributed by atoms with Crippen LogP contribution in [0.15, 0.2) is 12.1 Å². The van der Waals surface area contributed by atoms with E-state index >= 15 is 0 Å². The minimum absolute atomic E-state index is 0.0572. The van der Waals surface area contributed by atoms with E-state index in [1.54, 1.807) is 0 Å². The van der Waals surface area contributed by atoms with Crippen LogP contribution in [-0.2, 0) is 11.0 Å². The van der Waals surface area contributed by atoms with Crippen molar-refractivity contribution in [3.63, 3.8) is 0 Å². The van der Waals surface area contributed by atoms with Gasteiger partial charge in [0.2, 0.25) is 0 Å². The Balaban J connectivity index is 2.20. The van der Waals surface area contributed by atoms with E-state index in [2.05, 4.69) is 10.3 Å². The first-order valence-corrected chi connectivity index (χ1v) is 6.27. The van der Waals surface area contributed by atoms with E-state index in [1.165, 1.54) is 6.92 Å². The molecule has 0 unspecified atom stereocenters. The van der Waals surface area contributed by atoms with Crippen LogP contribution in [0.4, 0.5) is 19.0 Å². The van der Waals surface area contributed by atoms with E-state index in [9.17, 15) is 22.8 Å². The zero-order valence-electron chi connectivity index (χ0n) is 11.1. The highest BCUT2D eigenvalue weighted by molar-refractivity contribution is 5.98. The van der Waals surface area contributed by atoms with Gasteiger partial charge in [0.15, 0.2) is 5.78 Å². The quantitative estimate of drug-likeness (QED) is 0.836. The van der Waals surface area contributed by atoms with E-state index in [1.807, 2.05) is 0 Å². The lowest BCUT2D eigenvalue weighted by Crippen LogP contribution is -2.40. The Morgan fingerprint density at radius 1 is 1.33 bits per heavy atom. The smallest absolute Gasteiger partial charge is 0.433 e. The van der Waals surface area contributed by atoms with E-state index < -0.39 is 29.5 Å². The van der Waals surface area contributed by atoms with Gasteiger partial charge in [0, 0.05) is 6.04 Å². The van der Waals surface area contributed by atoms with Crippen molar-refractivity contribution in [2.24, 2.45) is 5.92 Å². The molecule has 1 aliphatic rings. The molecule has 1 aliphatic carbocycles. The van der Waals surface area contributed by atoms with Gasteiger partial charge in [-0.05, 0) is 31.9 Å². The zero-order valence-corrected chi connectivity index (χ0v) is 11.1. The van der Waals surface area contributed by atoms with E-state index in [4.69, 9.17) is 5.11 Å². The third kappa shape index (κ3) is 3.32. The summed E-state index contributed by atoms with van der Waals surface area (Å²) in [5.74, 6) is -2.00. The van der Waals surface area contributed by atoms with Crippen LogP contribution < -0.4 is 5.32 Å². The van der Waals surface area contributed by atoms with E-state index in [0.717, 1.165) is 12.1 Å². The number of nitrogens with zero attached hydrogens (tertiary/aromatic N) is 1. The number of carboxylic acids is 1. The molecule has 0 saturated heterocycles. The average molecular weight is 302 g/mol. The highest BCUT2D eigenvalue weighted by atomic mass is 19.4. The van der Waals surface area contributed by atoms with E-state index in [-0.39, 0.29) is 17.4 Å². The molecule has 1 aromatic heterocycles. The van der Waals surface area contributed by atoms with Crippen molar-refractivity contribution >= 4 is 17.6 Å². The van der Waals surface area contributed by atoms with Gasteiger partial charge >= 0.3 is 12.1 Å². The first-order chi connectivity index (χ1) is 9.68. The summed E-state index contributed by atoms with van der Waals surface area (Å²) in [6, 6.07) is 1.54. The molecule has 1 aromatic rings. The van der Waals surface area contributed by atoms with Crippen LogP contribution in [0.2, 0.25) is 0 Å². The topological polar surface area (TPSA) is 79.3 Å². The molecule has 1 heterocycles. The summed E-state index contributed by atoms with van der Waals surface area (Å²) >= 11 is 0. The molecule has 0 aromatic carbocycles. The molecule has 0 atom stereocenters. The SMILES string of the molecule is CC(=O)c1ccc(C(F)(F)F)nc1NC1CC(C(=O)O)C1. The van der Waals surface area contributed by atoms with Gasteiger partial charge in [0.05, 0.1) is 11.5 Å². The number of carboxylic acid groups (broad SMARTS) is 1. The summed E-state index contributed by atoms with van der Waals surface area (Å²) < 4.78 is 37.9. The van der Waals surface area contributed by atoms with Gasteiger partial charge in [0.1, 0.15) is 11.5 Å². The van der Waals surface area contributed by atoms with Gasteiger partial charge in [-0.15, -0.1) is 0 Å². The molecule has 1 fully saturated rings. The Bertz CT molecular complexity index is 581. The number of Topliss-reactive ketones (excluding diaryl/α,β-unsaturated/α-hetero) is 1. The third-order valence-electron chi connectivity index (χ3n) is 3.39. The maximum Gasteiger partial charge on any atom is 0.433 e. The fourth-order valence-electron chi connectivity index (χ4n) is 2.14. The van der Waals surface area contributed by atoms with Crippen LogP contribution in [0.5, 0.6) is 0 Å². The number of carbonyl (C=O) groups excluding carboxylic acids is 1. The molecular weight excluding hydrogens is 289 g/mol. The van der Waals surface area contributed by atoms with Crippen LogP contribution in [0, 0.1) is 5.92 Å². The number of aliphatic carboxylic acids is 1. The Kier molecular flexibility index (Phi) is 3.89. The summed E-state index contributed by atoms with van der Waals surface area (Å²) in [6.07, 6.45) is -4.01. The Hall–Kier alpha value is -2.12. The monoisotopic (exact) mass is 302 g/mol. The number of hydrogen-bond donors (Lipinski definition) is 2. The summed E-state index contributed by atoms with van der Waals surface area (Å²) in [7, 11) is 0. The number of alkyl halides is 3. The van der Waals surface area contributed by atoms with Crippen molar-refractivity contribution in [3.05, 3.63) is 23.4 Å². The molecule has 8 heteroatoms. The van der Waals surface area contributed by atoms with Crippen LogP contribution in [0.25, 0.3) is 0 Å². The molecule has 5 nitrogen and oxygen atoms in total. The Morgan fingerprint density at radius 3 is 2.43 bits per heavy atom. The molecule has 1 saturated carbocycles. The lowest BCUT2D eigenvalue weighted by Gasteiger charge is -2.33. The minimum Gasteiger partial charge on any atom is -0.481 e. The van der Waals surface area contributed by atoms with Gasteiger partial charge in [-0.3, -0.25) is 9.59 Å². The fraction of sp³-hybridized carbons (Fsp3) is 0.462. The second-order valence-corrected chi connectivity index (χ2v) is 4.99. The minimum atomic E-state index is -4.60. The Morgan fingerprint density at radius 2 is 1.95 bits per heavy atom. The van der Waals surface area contributed by atoms with Crippen molar-refractivity contribution in [2.45, 2.75) is 32.0 Å². The van der Waals surface area contributed by atoms with Crippen molar-refractivity contribution < 1.29 is 27.9 Å². The second-order valence-electron chi connectivity index (χ2n) is 4.99. The predicted octanol–water partition coefficient (Wildman–Crippen LogP) is 2.58. The first-order valence-electron chi connectivity index (χ1n) is 6.27. The summed E-state index contributed by atoms with van der Waals surface area (Å²) in [6.45, 7) is 1.23. The molecule has 114 valence electrons. The number of nitrogens with one attached hydrogen (secondary N) is 1. The van der Waals surface area contributed by atoms with Crippen molar-refractivity contribution in [1.82, 2.24) is 4.98 Å². The molecular formula is C13H13F3N2O3. The van der Waals surface area contributed by atoms with Crippen molar-refractivity contribution in [3.8, 4) is 0 Å². The lowest BCUT2D eigenvalue weighted by atomic mass is 9.80. The van der Waals surface area contributed by atoms with Crippen LogP contribution in [-0.4, -0.2) is 27.9 Å². The van der Waals surface area contributed by atoms with Gasteiger partial charge < -0.3 is 10.4 Å². The van der Waals surface area contributed by atoms with Gasteiger partial charge in [-0.1, -0.05) is 0 Å². The van der Waals surface area contributed by atoms with Crippen molar-refractivity contribution in [1.29, 1.82) is 0 Å². The van der Waals surface area contributed by atoms with Gasteiger partial charge in [0.25, 0.3) is 0 Å². The molecule has 0 amide bonds. The Labute approximate surface area is 118 Å². The van der Waals surface area contributed by atoms with Crippen LogP contribution >= 0.6 is 0 Å². The molecule has 2 N–H and O–H groups in total. The number of anilines is 1. The van der Waals surface area contributed by atoms with Gasteiger partial charge in [-0.2, -0.15) is 13.2 Å². The van der Waals surface area contributed by atoms with Crippen LogP contribution in [0.1, 0.15) is 35.8 Å². The van der Waals surface area contributed by atoms with Gasteiger partial charge in [-0.25, -0.2) is 4.98 Å². The zero-order chi connectivity index (χ0) is 15.8. The molecule has 21 heavy (non-hydrogen) atoms. The van der Waals surface area contributed by atoms with Crippen LogP contribution in [0.3, 0.4) is 0 Å². The summed E-state index contributed by atoms with van der Waals surface area (Å²) in [5, 5.41) is 11.5. The maximum atomic E-state index is 12.6. The number of hydrogen-bond acceptors (Lipinski definition) is 4. The normalized spacial score (nSPS) is 21.5. The first kappa shape index (κ1) is 15.3. The molecule has 0 aliphatic heterocycles. The number of carbonyl (C=O) groups is 2. The number of aromatic nitrogens is 1. The molecule has 0 spiro atoms.